The SMILES string of the molecule is O=C(O)CC(CNCc1cccc(C(=O)O)n1)NCc1cccc(C(=O)O)n1. The molecule has 0 aromatic carbocycles. The van der Waals surface area contributed by atoms with Gasteiger partial charge in [0.1, 0.15) is 11.4 Å². The second-order valence-electron chi connectivity index (χ2n) is 5.95. The summed E-state index contributed by atoms with van der Waals surface area (Å²) in [4.78, 5) is 41.0. The van der Waals surface area contributed by atoms with Gasteiger partial charge in [-0.1, -0.05) is 12.1 Å². The number of aliphatic carboxylic acids is 1. The minimum absolute atomic E-state index is 0.0658. The van der Waals surface area contributed by atoms with Gasteiger partial charge in [-0.25, -0.2) is 19.6 Å². The highest BCUT2D eigenvalue weighted by Gasteiger charge is 2.14. The van der Waals surface area contributed by atoms with Crippen molar-refractivity contribution >= 4 is 17.9 Å². The highest BCUT2D eigenvalue weighted by Crippen LogP contribution is 2.02. The maximum atomic E-state index is 11.1. The summed E-state index contributed by atoms with van der Waals surface area (Å²) in [7, 11) is 0. The van der Waals surface area contributed by atoms with Crippen LogP contribution in [-0.4, -0.2) is 55.8 Å². The number of aromatic nitrogens is 2. The van der Waals surface area contributed by atoms with Crippen molar-refractivity contribution in [3.63, 3.8) is 0 Å². The summed E-state index contributed by atoms with van der Waals surface area (Å²) in [5.41, 5.74) is 0.844. The Kier molecular flexibility index (Phi) is 7.55. The predicted octanol–water partition coefficient (Wildman–Crippen LogP) is 0.596. The largest absolute Gasteiger partial charge is 0.481 e. The van der Waals surface area contributed by atoms with Crippen molar-refractivity contribution < 1.29 is 29.7 Å². The standard InChI is InChI=1S/C18H20N4O6/c23-16(24)7-13(20-10-12-4-2-6-15(22-12)18(27)28)9-19-8-11-3-1-5-14(21-11)17(25)26/h1-6,13,19-20H,7-10H2,(H,23,24)(H,25,26)(H,27,28). The molecule has 0 aliphatic carbocycles. The minimum Gasteiger partial charge on any atom is -0.481 e. The molecule has 0 aliphatic heterocycles. The zero-order valence-electron chi connectivity index (χ0n) is 14.8. The molecule has 0 radical (unpaired) electrons. The summed E-state index contributed by atoms with van der Waals surface area (Å²) in [6, 6.07) is 8.78. The van der Waals surface area contributed by atoms with Crippen LogP contribution in [-0.2, 0) is 17.9 Å². The summed E-state index contributed by atoms with van der Waals surface area (Å²) >= 11 is 0. The molecule has 5 N–H and O–H groups in total. The van der Waals surface area contributed by atoms with Crippen molar-refractivity contribution in [1.82, 2.24) is 20.6 Å². The maximum absolute atomic E-state index is 11.1. The van der Waals surface area contributed by atoms with Gasteiger partial charge in [0.05, 0.1) is 17.8 Å². The van der Waals surface area contributed by atoms with Crippen molar-refractivity contribution in [1.29, 1.82) is 0 Å². The number of carboxylic acid groups (broad SMARTS) is 3. The molecule has 148 valence electrons. The number of rotatable bonds is 11. The van der Waals surface area contributed by atoms with Crippen LogP contribution in [0.15, 0.2) is 36.4 Å². The molecule has 10 heteroatoms. The molecule has 28 heavy (non-hydrogen) atoms. The molecule has 0 amide bonds. The zero-order valence-corrected chi connectivity index (χ0v) is 14.8. The fourth-order valence-electron chi connectivity index (χ4n) is 2.44. The van der Waals surface area contributed by atoms with Crippen LogP contribution in [0.5, 0.6) is 0 Å². The molecule has 2 aromatic rings. The van der Waals surface area contributed by atoms with E-state index in [9.17, 15) is 14.4 Å². The molecular formula is C18H20N4O6. The summed E-state index contributed by atoms with van der Waals surface area (Å²) < 4.78 is 0. The van der Waals surface area contributed by atoms with E-state index in [4.69, 9.17) is 15.3 Å². The van der Waals surface area contributed by atoms with Crippen molar-refractivity contribution in [2.45, 2.75) is 25.6 Å². The highest BCUT2D eigenvalue weighted by molar-refractivity contribution is 5.85. The van der Waals surface area contributed by atoms with E-state index in [0.717, 1.165) is 0 Å². The van der Waals surface area contributed by atoms with Gasteiger partial charge in [-0.2, -0.15) is 0 Å². The summed E-state index contributed by atoms with van der Waals surface area (Å²) in [6.45, 7) is 0.753. The van der Waals surface area contributed by atoms with E-state index in [1.807, 2.05) is 0 Å². The Morgan fingerprint density at radius 2 is 1.39 bits per heavy atom. The first kappa shape index (κ1) is 20.9. The van der Waals surface area contributed by atoms with Gasteiger partial charge >= 0.3 is 17.9 Å². The number of hydrogen-bond donors (Lipinski definition) is 5. The number of hydrogen-bond acceptors (Lipinski definition) is 7. The number of nitrogens with one attached hydrogen (secondary N) is 2. The maximum Gasteiger partial charge on any atom is 0.354 e. The molecule has 0 saturated heterocycles. The average Bonchev–Trinajstić information content (AvgIpc) is 2.66. The lowest BCUT2D eigenvalue weighted by Gasteiger charge is -2.17. The molecule has 0 spiro atoms. The van der Waals surface area contributed by atoms with E-state index in [2.05, 4.69) is 20.6 Å². The molecule has 0 fully saturated rings. The fraction of sp³-hybridized carbons (Fsp3) is 0.278. The van der Waals surface area contributed by atoms with Crippen LogP contribution in [0, 0.1) is 0 Å². The Morgan fingerprint density at radius 1 is 0.857 bits per heavy atom. The third kappa shape index (κ3) is 6.74. The monoisotopic (exact) mass is 388 g/mol. The quantitative estimate of drug-likeness (QED) is 0.368. The van der Waals surface area contributed by atoms with Gasteiger partial charge in [-0.3, -0.25) is 4.79 Å². The van der Waals surface area contributed by atoms with Gasteiger partial charge in [0.2, 0.25) is 0 Å². The summed E-state index contributed by atoms with van der Waals surface area (Å²) in [6.07, 6.45) is -0.159. The van der Waals surface area contributed by atoms with Crippen LogP contribution in [0.4, 0.5) is 0 Å². The number of pyridine rings is 2. The van der Waals surface area contributed by atoms with E-state index in [-0.39, 0.29) is 37.4 Å². The first-order chi connectivity index (χ1) is 13.3. The Balaban J connectivity index is 1.91. The highest BCUT2D eigenvalue weighted by atomic mass is 16.4. The molecule has 0 aliphatic rings. The van der Waals surface area contributed by atoms with Gasteiger partial charge in [-0.05, 0) is 24.3 Å². The molecule has 2 aromatic heterocycles. The van der Waals surface area contributed by atoms with Crippen molar-refractivity contribution in [2.75, 3.05) is 6.54 Å². The van der Waals surface area contributed by atoms with Crippen molar-refractivity contribution in [2.24, 2.45) is 0 Å². The third-order valence-corrected chi connectivity index (χ3v) is 3.74. The first-order valence-electron chi connectivity index (χ1n) is 8.39. The van der Waals surface area contributed by atoms with E-state index >= 15 is 0 Å². The molecule has 2 rings (SSSR count). The number of aromatic carboxylic acids is 2. The molecule has 1 atom stereocenters. The predicted molar refractivity (Wildman–Crippen MR) is 97.0 cm³/mol. The Morgan fingerprint density at radius 3 is 1.89 bits per heavy atom. The van der Waals surface area contributed by atoms with Gasteiger partial charge in [0.25, 0.3) is 0 Å². The normalized spacial score (nSPS) is 11.7. The lowest BCUT2D eigenvalue weighted by atomic mass is 10.2. The van der Waals surface area contributed by atoms with E-state index in [1.165, 1.54) is 12.1 Å². The van der Waals surface area contributed by atoms with E-state index in [0.29, 0.717) is 11.4 Å². The molecule has 0 saturated carbocycles. The molecule has 10 nitrogen and oxygen atoms in total. The van der Waals surface area contributed by atoms with Crippen molar-refractivity contribution in [3.8, 4) is 0 Å². The number of carbonyl (C=O) groups is 3. The van der Waals surface area contributed by atoms with Gasteiger partial charge in [0.15, 0.2) is 0 Å². The van der Waals surface area contributed by atoms with Crippen LogP contribution in [0.1, 0.15) is 38.8 Å². The molecule has 0 bridgehead atoms. The van der Waals surface area contributed by atoms with Crippen LogP contribution in [0.25, 0.3) is 0 Å². The van der Waals surface area contributed by atoms with Crippen molar-refractivity contribution in [3.05, 3.63) is 59.2 Å². The van der Waals surface area contributed by atoms with E-state index < -0.39 is 23.9 Å². The fourth-order valence-corrected chi connectivity index (χ4v) is 2.44. The minimum atomic E-state index is -1.14. The van der Waals surface area contributed by atoms with Gasteiger partial charge in [-0.15, -0.1) is 0 Å². The number of carboxylic acids is 3. The Hall–Kier alpha value is -3.37. The second kappa shape index (κ2) is 10.1. The van der Waals surface area contributed by atoms with Crippen LogP contribution in [0.2, 0.25) is 0 Å². The zero-order chi connectivity index (χ0) is 20.5. The molecule has 2 heterocycles. The lowest BCUT2D eigenvalue weighted by Crippen LogP contribution is -2.40. The molecule has 1 unspecified atom stereocenters. The van der Waals surface area contributed by atoms with Crippen LogP contribution in [0.3, 0.4) is 0 Å². The topological polar surface area (TPSA) is 162 Å². The van der Waals surface area contributed by atoms with Gasteiger partial charge in [0, 0.05) is 25.7 Å². The third-order valence-electron chi connectivity index (χ3n) is 3.74. The summed E-state index contributed by atoms with van der Waals surface area (Å²) in [5, 5.41) is 33.1. The second-order valence-corrected chi connectivity index (χ2v) is 5.95. The average molecular weight is 388 g/mol. The smallest absolute Gasteiger partial charge is 0.354 e. The number of nitrogens with zero attached hydrogens (tertiary/aromatic N) is 2. The van der Waals surface area contributed by atoms with Crippen LogP contribution < -0.4 is 10.6 Å². The lowest BCUT2D eigenvalue weighted by molar-refractivity contribution is -0.137. The molecular weight excluding hydrogens is 368 g/mol. The Labute approximate surface area is 160 Å². The van der Waals surface area contributed by atoms with Crippen LogP contribution >= 0.6 is 0 Å². The first-order valence-corrected chi connectivity index (χ1v) is 8.39. The summed E-state index contributed by atoms with van der Waals surface area (Å²) in [5.74, 6) is -3.25. The van der Waals surface area contributed by atoms with E-state index in [1.54, 1.807) is 24.3 Å². The Bertz CT molecular complexity index is 857. The van der Waals surface area contributed by atoms with Gasteiger partial charge < -0.3 is 26.0 Å².